The van der Waals surface area contributed by atoms with Crippen molar-refractivity contribution in [1.29, 1.82) is 0 Å². The second-order valence-electron chi connectivity index (χ2n) is 5.10. The molecule has 2 aliphatic rings. The summed E-state index contributed by atoms with van der Waals surface area (Å²) in [6, 6.07) is 1.63. The van der Waals surface area contributed by atoms with Crippen molar-refractivity contribution in [3.05, 3.63) is 0 Å². The van der Waals surface area contributed by atoms with Crippen molar-refractivity contribution in [2.45, 2.75) is 44.7 Å². The van der Waals surface area contributed by atoms with Gasteiger partial charge in [-0.05, 0) is 50.8 Å². The molecular weight excluding hydrogens is 204 g/mol. The van der Waals surface area contributed by atoms with E-state index in [2.05, 4.69) is 23.6 Å². The van der Waals surface area contributed by atoms with Gasteiger partial charge in [0.2, 0.25) is 0 Å². The van der Waals surface area contributed by atoms with Crippen LogP contribution >= 0.6 is 11.8 Å². The van der Waals surface area contributed by atoms with E-state index in [4.69, 9.17) is 5.73 Å². The van der Waals surface area contributed by atoms with Crippen LogP contribution < -0.4 is 5.73 Å². The number of rotatable bonds is 2. The quantitative estimate of drug-likeness (QED) is 0.783. The summed E-state index contributed by atoms with van der Waals surface area (Å²) in [5.41, 5.74) is 5.81. The molecule has 3 heteroatoms. The molecular formula is C12H24N2S. The first-order chi connectivity index (χ1) is 7.31. The van der Waals surface area contributed by atoms with Gasteiger partial charge in [-0.2, -0.15) is 11.8 Å². The zero-order valence-electron chi connectivity index (χ0n) is 9.82. The summed E-state index contributed by atoms with van der Waals surface area (Å²) >= 11 is 2.13. The summed E-state index contributed by atoms with van der Waals surface area (Å²) in [5.74, 6) is 3.48. The fourth-order valence-electron chi connectivity index (χ4n) is 2.90. The molecule has 0 aromatic heterocycles. The van der Waals surface area contributed by atoms with E-state index in [1.165, 1.54) is 43.7 Å². The molecule has 0 aliphatic carbocycles. The molecule has 2 heterocycles. The summed E-state index contributed by atoms with van der Waals surface area (Å²) < 4.78 is 0. The lowest BCUT2D eigenvalue weighted by Gasteiger charge is -2.43. The number of hydrogen-bond donors (Lipinski definition) is 1. The van der Waals surface area contributed by atoms with Gasteiger partial charge in [-0.25, -0.2) is 0 Å². The Labute approximate surface area is 98.0 Å². The summed E-state index contributed by atoms with van der Waals surface area (Å²) in [6.07, 6.45) is 5.51. The van der Waals surface area contributed by atoms with E-state index in [1.54, 1.807) is 0 Å². The minimum atomic E-state index is 0.758. The van der Waals surface area contributed by atoms with Gasteiger partial charge in [0.15, 0.2) is 0 Å². The van der Waals surface area contributed by atoms with Gasteiger partial charge in [-0.15, -0.1) is 0 Å². The molecule has 0 aromatic rings. The molecule has 0 bridgehead atoms. The number of nitrogens with two attached hydrogens (primary N) is 1. The summed E-state index contributed by atoms with van der Waals surface area (Å²) in [5, 5.41) is 0. The summed E-state index contributed by atoms with van der Waals surface area (Å²) in [4.78, 5) is 2.74. The Morgan fingerprint density at radius 1 is 1.33 bits per heavy atom. The molecule has 0 spiro atoms. The van der Waals surface area contributed by atoms with Crippen molar-refractivity contribution in [2.24, 2.45) is 11.7 Å². The number of nitrogens with zero attached hydrogens (tertiary/aromatic N) is 1. The molecule has 0 saturated carbocycles. The van der Waals surface area contributed by atoms with Crippen LogP contribution in [0.5, 0.6) is 0 Å². The minimum absolute atomic E-state index is 0.758. The molecule has 0 amide bonds. The second-order valence-corrected chi connectivity index (χ2v) is 6.25. The molecule has 2 aliphatic heterocycles. The van der Waals surface area contributed by atoms with Crippen LogP contribution in [0.4, 0.5) is 0 Å². The first-order valence-corrected chi connectivity index (χ1v) is 7.50. The summed E-state index contributed by atoms with van der Waals surface area (Å²) in [6.45, 7) is 4.53. The molecule has 0 aromatic carbocycles. The normalized spacial score (nSPS) is 39.2. The lowest BCUT2D eigenvalue weighted by molar-refractivity contribution is 0.0781. The largest absolute Gasteiger partial charge is 0.330 e. The predicted octanol–water partition coefficient (Wildman–Crippen LogP) is 1.94. The Hall–Kier alpha value is 0.270. The zero-order chi connectivity index (χ0) is 10.7. The van der Waals surface area contributed by atoms with Gasteiger partial charge in [-0.1, -0.05) is 0 Å². The fourth-order valence-corrected chi connectivity index (χ4v) is 4.07. The molecule has 2 fully saturated rings. The van der Waals surface area contributed by atoms with Crippen LogP contribution in [0.1, 0.15) is 32.6 Å². The molecule has 88 valence electrons. The third kappa shape index (κ3) is 2.89. The van der Waals surface area contributed by atoms with Gasteiger partial charge >= 0.3 is 0 Å². The molecule has 3 atom stereocenters. The van der Waals surface area contributed by atoms with Crippen molar-refractivity contribution in [1.82, 2.24) is 4.90 Å². The number of likely N-dealkylation sites (tertiary alicyclic amines) is 1. The topological polar surface area (TPSA) is 29.3 Å². The Morgan fingerprint density at radius 3 is 2.87 bits per heavy atom. The maximum Gasteiger partial charge on any atom is 0.0189 e. The van der Waals surface area contributed by atoms with Gasteiger partial charge in [0, 0.05) is 24.4 Å². The van der Waals surface area contributed by atoms with E-state index in [9.17, 15) is 0 Å². The highest BCUT2D eigenvalue weighted by Crippen LogP contribution is 2.29. The van der Waals surface area contributed by atoms with Crippen LogP contribution in [0.15, 0.2) is 0 Å². The second kappa shape index (κ2) is 5.55. The van der Waals surface area contributed by atoms with E-state index in [0.29, 0.717) is 0 Å². The van der Waals surface area contributed by atoms with Crippen molar-refractivity contribution >= 4 is 11.8 Å². The van der Waals surface area contributed by atoms with Gasteiger partial charge in [0.25, 0.3) is 0 Å². The SMILES string of the molecule is CC1CCC(CN)CN1C1CCCSC1. The molecule has 15 heavy (non-hydrogen) atoms. The first kappa shape index (κ1) is 11.7. The molecule has 3 unspecified atom stereocenters. The van der Waals surface area contributed by atoms with Gasteiger partial charge in [-0.3, -0.25) is 4.90 Å². The average Bonchev–Trinajstić information content (AvgIpc) is 2.31. The summed E-state index contributed by atoms with van der Waals surface area (Å²) in [7, 11) is 0. The Bertz CT molecular complexity index is 192. The van der Waals surface area contributed by atoms with Gasteiger partial charge < -0.3 is 5.73 Å². The van der Waals surface area contributed by atoms with Crippen molar-refractivity contribution in [3.63, 3.8) is 0 Å². The van der Waals surface area contributed by atoms with E-state index in [0.717, 1.165) is 24.5 Å². The maximum absolute atomic E-state index is 5.81. The third-order valence-electron chi connectivity index (χ3n) is 3.97. The van der Waals surface area contributed by atoms with Crippen LogP contribution in [0.25, 0.3) is 0 Å². The van der Waals surface area contributed by atoms with E-state index >= 15 is 0 Å². The molecule has 2 rings (SSSR count). The van der Waals surface area contributed by atoms with Gasteiger partial charge in [0.1, 0.15) is 0 Å². The molecule has 2 N–H and O–H groups in total. The fraction of sp³-hybridized carbons (Fsp3) is 1.00. The van der Waals surface area contributed by atoms with Crippen LogP contribution in [0.3, 0.4) is 0 Å². The van der Waals surface area contributed by atoms with Crippen LogP contribution in [0.2, 0.25) is 0 Å². The smallest absolute Gasteiger partial charge is 0.0189 e. The lowest BCUT2D eigenvalue weighted by Crippen LogP contribution is -2.50. The highest BCUT2D eigenvalue weighted by molar-refractivity contribution is 7.99. The minimum Gasteiger partial charge on any atom is -0.330 e. The zero-order valence-corrected chi connectivity index (χ0v) is 10.6. The lowest BCUT2D eigenvalue weighted by atomic mass is 9.91. The molecule has 2 saturated heterocycles. The highest BCUT2D eigenvalue weighted by Gasteiger charge is 2.30. The standard InChI is InChI=1S/C12H24N2S/c1-10-4-5-11(7-13)8-14(10)12-3-2-6-15-9-12/h10-12H,2-9,13H2,1H3. The Balaban J connectivity index is 1.92. The van der Waals surface area contributed by atoms with Crippen molar-refractivity contribution < 1.29 is 0 Å². The van der Waals surface area contributed by atoms with E-state index in [-0.39, 0.29) is 0 Å². The molecule has 2 nitrogen and oxygen atoms in total. The highest BCUT2D eigenvalue weighted by atomic mass is 32.2. The van der Waals surface area contributed by atoms with Gasteiger partial charge in [0.05, 0.1) is 0 Å². The van der Waals surface area contributed by atoms with Crippen LogP contribution in [0, 0.1) is 5.92 Å². The third-order valence-corrected chi connectivity index (χ3v) is 5.16. The Morgan fingerprint density at radius 2 is 2.20 bits per heavy atom. The Kier molecular flexibility index (Phi) is 4.35. The average molecular weight is 228 g/mol. The van der Waals surface area contributed by atoms with E-state index in [1.807, 2.05) is 0 Å². The molecule has 0 radical (unpaired) electrons. The first-order valence-electron chi connectivity index (χ1n) is 6.35. The van der Waals surface area contributed by atoms with Crippen LogP contribution in [-0.4, -0.2) is 41.6 Å². The van der Waals surface area contributed by atoms with Crippen LogP contribution in [-0.2, 0) is 0 Å². The predicted molar refractivity (Wildman–Crippen MR) is 68.3 cm³/mol. The number of thioether (sulfide) groups is 1. The van der Waals surface area contributed by atoms with Crippen molar-refractivity contribution in [2.75, 3.05) is 24.6 Å². The number of piperidine rings is 1. The number of hydrogen-bond acceptors (Lipinski definition) is 3. The maximum atomic E-state index is 5.81. The van der Waals surface area contributed by atoms with E-state index < -0.39 is 0 Å². The monoisotopic (exact) mass is 228 g/mol. The van der Waals surface area contributed by atoms with Crippen molar-refractivity contribution in [3.8, 4) is 0 Å².